The molecule has 1 nitrogen and oxygen atoms in total. The molecule has 0 amide bonds. The fourth-order valence-electron chi connectivity index (χ4n) is 2.34. The summed E-state index contributed by atoms with van der Waals surface area (Å²) in [7, 11) is 0. The lowest BCUT2D eigenvalue weighted by atomic mass is 10.00. The first-order valence-corrected chi connectivity index (χ1v) is 6.45. The van der Waals surface area contributed by atoms with E-state index in [2.05, 4.69) is 31.2 Å². The van der Waals surface area contributed by atoms with E-state index in [1.54, 1.807) is 5.57 Å². The molecular formula is C16H18O. The highest BCUT2D eigenvalue weighted by Crippen LogP contribution is 2.40. The van der Waals surface area contributed by atoms with Crippen molar-refractivity contribution in [3.63, 3.8) is 0 Å². The van der Waals surface area contributed by atoms with E-state index in [4.69, 9.17) is 4.74 Å². The highest BCUT2D eigenvalue weighted by Gasteiger charge is 2.26. The van der Waals surface area contributed by atoms with Crippen LogP contribution in [0.2, 0.25) is 0 Å². The van der Waals surface area contributed by atoms with Crippen molar-refractivity contribution in [1.82, 2.24) is 0 Å². The maximum absolute atomic E-state index is 5.90. The summed E-state index contributed by atoms with van der Waals surface area (Å²) in [6.07, 6.45) is 9.45. The van der Waals surface area contributed by atoms with E-state index in [9.17, 15) is 0 Å². The second kappa shape index (κ2) is 4.40. The van der Waals surface area contributed by atoms with E-state index in [1.807, 2.05) is 12.1 Å². The van der Waals surface area contributed by atoms with Gasteiger partial charge in [-0.05, 0) is 55.9 Å². The van der Waals surface area contributed by atoms with Crippen LogP contribution in [-0.2, 0) is 0 Å². The zero-order valence-corrected chi connectivity index (χ0v) is 10.3. The first kappa shape index (κ1) is 10.6. The molecule has 88 valence electrons. The number of rotatable bonds is 3. The van der Waals surface area contributed by atoms with Crippen LogP contribution in [0.25, 0.3) is 0 Å². The second-order valence-electron chi connectivity index (χ2n) is 5.07. The Balaban J connectivity index is 1.70. The Hall–Kier alpha value is -1.50. The molecule has 17 heavy (non-hydrogen) atoms. The van der Waals surface area contributed by atoms with Gasteiger partial charge in [-0.1, -0.05) is 23.8 Å². The average Bonchev–Trinajstić information content (AvgIpc) is 3.14. The van der Waals surface area contributed by atoms with Gasteiger partial charge in [-0.2, -0.15) is 0 Å². The fourth-order valence-corrected chi connectivity index (χ4v) is 2.34. The van der Waals surface area contributed by atoms with E-state index in [0.29, 0.717) is 0 Å². The Morgan fingerprint density at radius 1 is 1.12 bits per heavy atom. The number of ether oxygens (including phenoxy) is 1. The van der Waals surface area contributed by atoms with Crippen molar-refractivity contribution in [3.05, 3.63) is 53.3 Å². The van der Waals surface area contributed by atoms with Gasteiger partial charge in [0.25, 0.3) is 0 Å². The third-order valence-corrected chi connectivity index (χ3v) is 3.48. The molecular weight excluding hydrogens is 208 g/mol. The third-order valence-electron chi connectivity index (χ3n) is 3.48. The van der Waals surface area contributed by atoms with Crippen molar-refractivity contribution in [2.45, 2.75) is 32.6 Å². The quantitative estimate of drug-likeness (QED) is 0.742. The minimum absolute atomic E-state index is 0.895. The standard InChI is InChI=1S/C16H18O/c1-12-3-2-4-16(11-12)17-15-9-7-14(8-10-15)13-5-6-13/h2-4,7,9,11,13H,5-6,8,10H2,1H3. The molecule has 0 spiro atoms. The molecule has 1 fully saturated rings. The maximum atomic E-state index is 5.90. The van der Waals surface area contributed by atoms with Gasteiger partial charge in [0.2, 0.25) is 0 Å². The van der Waals surface area contributed by atoms with Crippen molar-refractivity contribution in [1.29, 1.82) is 0 Å². The van der Waals surface area contributed by atoms with Crippen LogP contribution in [0.5, 0.6) is 5.75 Å². The number of aryl methyl sites for hydroxylation is 1. The molecule has 0 aromatic heterocycles. The van der Waals surface area contributed by atoms with Crippen molar-refractivity contribution in [2.75, 3.05) is 0 Å². The van der Waals surface area contributed by atoms with E-state index in [1.165, 1.54) is 24.8 Å². The lowest BCUT2D eigenvalue weighted by Gasteiger charge is -2.15. The van der Waals surface area contributed by atoms with Gasteiger partial charge in [0, 0.05) is 6.42 Å². The molecule has 0 N–H and O–H groups in total. The van der Waals surface area contributed by atoms with Gasteiger partial charge >= 0.3 is 0 Å². The normalized spacial score (nSPS) is 19.6. The zero-order chi connectivity index (χ0) is 11.7. The minimum Gasteiger partial charge on any atom is -0.462 e. The van der Waals surface area contributed by atoms with Gasteiger partial charge in [-0.3, -0.25) is 0 Å². The summed E-state index contributed by atoms with van der Waals surface area (Å²) in [4.78, 5) is 0. The summed E-state index contributed by atoms with van der Waals surface area (Å²) in [6.45, 7) is 2.09. The predicted molar refractivity (Wildman–Crippen MR) is 69.9 cm³/mol. The largest absolute Gasteiger partial charge is 0.462 e. The average molecular weight is 226 g/mol. The lowest BCUT2D eigenvalue weighted by molar-refractivity contribution is 0.399. The Kier molecular flexibility index (Phi) is 2.76. The molecule has 0 atom stereocenters. The van der Waals surface area contributed by atoms with Crippen molar-refractivity contribution >= 4 is 0 Å². The summed E-state index contributed by atoms with van der Waals surface area (Å²) in [5.41, 5.74) is 2.87. The van der Waals surface area contributed by atoms with Gasteiger partial charge in [0.15, 0.2) is 0 Å². The van der Waals surface area contributed by atoms with Crippen LogP contribution >= 0.6 is 0 Å². The number of allylic oxidation sites excluding steroid dienone is 4. The Morgan fingerprint density at radius 3 is 2.65 bits per heavy atom. The van der Waals surface area contributed by atoms with Crippen LogP contribution in [0, 0.1) is 12.8 Å². The summed E-state index contributed by atoms with van der Waals surface area (Å²) in [6, 6.07) is 8.24. The SMILES string of the molecule is Cc1cccc(OC2=CC=C(C3CC3)CC2)c1. The van der Waals surface area contributed by atoms with Gasteiger partial charge in [-0.15, -0.1) is 0 Å². The van der Waals surface area contributed by atoms with Crippen molar-refractivity contribution in [2.24, 2.45) is 5.92 Å². The topological polar surface area (TPSA) is 9.23 Å². The van der Waals surface area contributed by atoms with Gasteiger partial charge in [0.1, 0.15) is 11.5 Å². The Morgan fingerprint density at radius 2 is 2.00 bits per heavy atom. The van der Waals surface area contributed by atoms with Gasteiger partial charge < -0.3 is 4.74 Å². The fraction of sp³-hybridized carbons (Fsp3) is 0.375. The number of benzene rings is 1. The zero-order valence-electron chi connectivity index (χ0n) is 10.3. The third kappa shape index (κ3) is 2.60. The predicted octanol–water partition coefficient (Wildman–Crippen LogP) is 4.39. The molecule has 1 heteroatoms. The first-order chi connectivity index (χ1) is 8.31. The summed E-state index contributed by atoms with van der Waals surface area (Å²) in [5.74, 6) is 2.95. The summed E-state index contributed by atoms with van der Waals surface area (Å²) >= 11 is 0. The highest BCUT2D eigenvalue weighted by molar-refractivity contribution is 5.31. The van der Waals surface area contributed by atoms with E-state index < -0.39 is 0 Å². The van der Waals surface area contributed by atoms with Crippen LogP contribution in [0.3, 0.4) is 0 Å². The van der Waals surface area contributed by atoms with Crippen molar-refractivity contribution < 1.29 is 4.74 Å². The second-order valence-corrected chi connectivity index (χ2v) is 5.07. The molecule has 1 aromatic carbocycles. The molecule has 2 aliphatic carbocycles. The molecule has 0 unspecified atom stereocenters. The monoisotopic (exact) mass is 226 g/mol. The minimum atomic E-state index is 0.895. The molecule has 0 aliphatic heterocycles. The van der Waals surface area contributed by atoms with Crippen LogP contribution in [-0.4, -0.2) is 0 Å². The lowest BCUT2D eigenvalue weighted by Crippen LogP contribution is -2.01. The van der Waals surface area contributed by atoms with Crippen LogP contribution in [0.1, 0.15) is 31.2 Å². The molecule has 1 saturated carbocycles. The maximum Gasteiger partial charge on any atom is 0.127 e. The van der Waals surface area contributed by atoms with Gasteiger partial charge in [0.05, 0.1) is 0 Å². The van der Waals surface area contributed by atoms with E-state index in [-0.39, 0.29) is 0 Å². The van der Waals surface area contributed by atoms with E-state index >= 15 is 0 Å². The Labute approximate surface area is 103 Å². The summed E-state index contributed by atoms with van der Waals surface area (Å²) in [5, 5.41) is 0. The molecule has 0 saturated heterocycles. The van der Waals surface area contributed by atoms with Crippen LogP contribution in [0.4, 0.5) is 0 Å². The van der Waals surface area contributed by atoms with Gasteiger partial charge in [-0.25, -0.2) is 0 Å². The smallest absolute Gasteiger partial charge is 0.127 e. The molecule has 2 aliphatic rings. The first-order valence-electron chi connectivity index (χ1n) is 6.45. The molecule has 0 heterocycles. The van der Waals surface area contributed by atoms with Crippen LogP contribution in [0.15, 0.2) is 47.7 Å². The summed E-state index contributed by atoms with van der Waals surface area (Å²) < 4.78 is 5.90. The molecule has 0 bridgehead atoms. The Bertz CT molecular complexity index is 478. The number of hydrogen-bond donors (Lipinski definition) is 0. The molecule has 0 radical (unpaired) electrons. The molecule has 3 rings (SSSR count). The van der Waals surface area contributed by atoms with Crippen LogP contribution < -0.4 is 4.74 Å². The highest BCUT2D eigenvalue weighted by atomic mass is 16.5. The van der Waals surface area contributed by atoms with E-state index in [0.717, 1.165) is 23.8 Å². The van der Waals surface area contributed by atoms with Crippen molar-refractivity contribution in [3.8, 4) is 5.75 Å². The molecule has 1 aromatic rings. The number of hydrogen-bond acceptors (Lipinski definition) is 1.